The molecule has 0 atom stereocenters. The molecule has 3 nitrogen and oxygen atoms in total. The van der Waals surface area contributed by atoms with E-state index in [1.54, 1.807) is 11.3 Å². The molecule has 0 spiro atoms. The number of hydrogen-bond acceptors (Lipinski definition) is 4. The number of thiophene rings is 1. The zero-order valence-corrected chi connectivity index (χ0v) is 12.0. The minimum Gasteiger partial charge on any atom is -0.395 e. The molecule has 1 heterocycles. The van der Waals surface area contributed by atoms with E-state index >= 15 is 0 Å². The maximum atomic E-state index is 9.31. The third-order valence-electron chi connectivity index (χ3n) is 2.92. The molecule has 0 aliphatic heterocycles. The van der Waals surface area contributed by atoms with Crippen molar-refractivity contribution in [1.29, 1.82) is 0 Å². The van der Waals surface area contributed by atoms with Crippen LogP contribution in [0.2, 0.25) is 0 Å². The summed E-state index contributed by atoms with van der Waals surface area (Å²) in [4.78, 5) is 4.38. The Hall–Kier alpha value is -0.860. The van der Waals surface area contributed by atoms with Gasteiger partial charge in [-0.3, -0.25) is 4.90 Å². The summed E-state index contributed by atoms with van der Waals surface area (Å²) in [6, 6.07) is 4.07. The van der Waals surface area contributed by atoms with Crippen molar-refractivity contribution >= 4 is 11.3 Å². The van der Waals surface area contributed by atoms with Crippen molar-refractivity contribution in [3.05, 3.63) is 21.9 Å². The molecule has 0 saturated carbocycles. The summed E-state index contributed by atoms with van der Waals surface area (Å²) in [6.45, 7) is 5.09. The molecule has 1 rings (SSSR count). The maximum absolute atomic E-state index is 9.31. The molecule has 0 aliphatic carbocycles. The van der Waals surface area contributed by atoms with Crippen LogP contribution in [0.4, 0.5) is 0 Å². The van der Waals surface area contributed by atoms with Crippen LogP contribution in [-0.2, 0) is 6.54 Å². The lowest BCUT2D eigenvalue weighted by molar-refractivity contribution is 0.0741. The van der Waals surface area contributed by atoms with E-state index in [-0.39, 0.29) is 18.8 Å². The molecule has 0 aliphatic rings. The van der Waals surface area contributed by atoms with Crippen LogP contribution in [0.1, 0.15) is 30.0 Å². The molecule has 0 saturated heterocycles. The second-order valence-corrected chi connectivity index (χ2v) is 6.04. The summed E-state index contributed by atoms with van der Waals surface area (Å²) in [6.07, 6.45) is 0.519. The van der Waals surface area contributed by atoms with Gasteiger partial charge in [0.25, 0.3) is 0 Å². The molecule has 4 heteroatoms. The molecule has 0 unspecified atom stereocenters. The molecule has 2 N–H and O–H groups in total. The first-order valence-corrected chi connectivity index (χ1v) is 6.82. The summed E-state index contributed by atoms with van der Waals surface area (Å²) in [7, 11) is 2.01. The van der Waals surface area contributed by atoms with E-state index in [1.165, 1.54) is 4.88 Å². The summed E-state index contributed by atoms with van der Waals surface area (Å²) in [5.41, 5.74) is -0.216. The highest BCUT2D eigenvalue weighted by atomic mass is 32.1. The molecule has 0 aromatic carbocycles. The molecule has 1 aromatic rings. The van der Waals surface area contributed by atoms with E-state index in [0.717, 1.165) is 11.4 Å². The van der Waals surface area contributed by atoms with E-state index in [9.17, 15) is 5.11 Å². The van der Waals surface area contributed by atoms with Crippen molar-refractivity contribution in [3.63, 3.8) is 0 Å². The molecular formula is C14H21NO2S. The zero-order valence-electron chi connectivity index (χ0n) is 11.2. The van der Waals surface area contributed by atoms with Gasteiger partial charge in [-0.05, 0) is 33.0 Å². The average molecular weight is 267 g/mol. The Morgan fingerprint density at radius 2 is 2.06 bits per heavy atom. The lowest BCUT2D eigenvalue weighted by atomic mass is 10.1. The normalized spacial score (nSPS) is 11.4. The van der Waals surface area contributed by atoms with Gasteiger partial charge in [-0.25, -0.2) is 0 Å². The molecule has 0 amide bonds. The molecular weight excluding hydrogens is 246 g/mol. The molecule has 0 fully saturated rings. The molecule has 0 radical (unpaired) electrons. The van der Waals surface area contributed by atoms with Gasteiger partial charge >= 0.3 is 0 Å². The van der Waals surface area contributed by atoms with Crippen LogP contribution in [0.3, 0.4) is 0 Å². The smallest absolute Gasteiger partial charge is 0.0771 e. The minimum absolute atomic E-state index is 0.110. The molecule has 18 heavy (non-hydrogen) atoms. The number of rotatable bonds is 5. The van der Waals surface area contributed by atoms with Gasteiger partial charge < -0.3 is 10.2 Å². The van der Waals surface area contributed by atoms with Gasteiger partial charge in [-0.2, -0.15) is 0 Å². The van der Waals surface area contributed by atoms with Crippen molar-refractivity contribution in [2.24, 2.45) is 0 Å². The third-order valence-corrected chi connectivity index (χ3v) is 3.91. The highest BCUT2D eigenvalue weighted by Gasteiger charge is 2.22. The topological polar surface area (TPSA) is 43.7 Å². The van der Waals surface area contributed by atoms with Gasteiger partial charge in [-0.15, -0.1) is 11.3 Å². The van der Waals surface area contributed by atoms with Crippen LogP contribution in [0.5, 0.6) is 0 Å². The first kappa shape index (κ1) is 15.2. The van der Waals surface area contributed by atoms with Gasteiger partial charge in [0.15, 0.2) is 0 Å². The summed E-state index contributed by atoms with van der Waals surface area (Å²) < 4.78 is 0. The summed E-state index contributed by atoms with van der Waals surface area (Å²) in [5.74, 6) is 5.95. The Bertz CT molecular complexity index is 428. The van der Waals surface area contributed by atoms with Crippen LogP contribution in [-0.4, -0.2) is 40.9 Å². The second kappa shape index (κ2) is 6.91. The number of aliphatic hydroxyl groups excluding tert-OH is 2. The highest BCUT2D eigenvalue weighted by molar-refractivity contribution is 7.12. The molecule has 1 aromatic heterocycles. The first-order chi connectivity index (χ1) is 8.49. The highest BCUT2D eigenvalue weighted by Crippen LogP contribution is 2.21. The van der Waals surface area contributed by atoms with Crippen LogP contribution < -0.4 is 0 Å². The molecule has 0 bridgehead atoms. The largest absolute Gasteiger partial charge is 0.395 e. The Morgan fingerprint density at radius 3 is 2.67 bits per heavy atom. The van der Waals surface area contributed by atoms with E-state index < -0.39 is 0 Å². The zero-order chi connectivity index (χ0) is 13.6. The predicted molar refractivity (Wildman–Crippen MR) is 75.5 cm³/mol. The Morgan fingerprint density at radius 1 is 1.33 bits per heavy atom. The van der Waals surface area contributed by atoms with E-state index in [2.05, 4.69) is 22.8 Å². The van der Waals surface area contributed by atoms with Crippen molar-refractivity contribution in [1.82, 2.24) is 4.90 Å². The van der Waals surface area contributed by atoms with Crippen molar-refractivity contribution in [3.8, 4) is 11.8 Å². The van der Waals surface area contributed by atoms with Crippen LogP contribution in [0.25, 0.3) is 0 Å². The molecule has 100 valence electrons. The number of aliphatic hydroxyl groups is 2. The van der Waals surface area contributed by atoms with Crippen LogP contribution >= 0.6 is 11.3 Å². The van der Waals surface area contributed by atoms with Crippen molar-refractivity contribution in [2.75, 3.05) is 20.3 Å². The van der Waals surface area contributed by atoms with Gasteiger partial charge in [0, 0.05) is 23.4 Å². The number of hydrogen-bond donors (Lipinski definition) is 2. The third kappa shape index (κ3) is 4.43. The van der Waals surface area contributed by atoms with Crippen molar-refractivity contribution in [2.45, 2.75) is 32.4 Å². The average Bonchev–Trinajstić information content (AvgIpc) is 2.77. The SMILES string of the molecule is CN(Cc1ccc(C#CCCO)s1)C(C)(C)CO. The Balaban J connectivity index is 2.62. The second-order valence-electron chi connectivity index (χ2n) is 4.87. The van der Waals surface area contributed by atoms with E-state index in [0.29, 0.717) is 6.42 Å². The standard InChI is InChI=1S/C14H21NO2S/c1-14(2,11-17)15(3)10-13-8-7-12(18-13)6-4-5-9-16/h7-8,16-17H,5,9-11H2,1-3H3. The first-order valence-electron chi connectivity index (χ1n) is 6.00. The number of likely N-dealkylation sites (N-methyl/N-ethyl adjacent to an activating group) is 1. The summed E-state index contributed by atoms with van der Waals surface area (Å²) in [5, 5.41) is 18.0. The van der Waals surface area contributed by atoms with Gasteiger partial charge in [0.2, 0.25) is 0 Å². The van der Waals surface area contributed by atoms with E-state index in [4.69, 9.17) is 5.11 Å². The monoisotopic (exact) mass is 267 g/mol. The fraction of sp³-hybridized carbons (Fsp3) is 0.571. The van der Waals surface area contributed by atoms with Crippen LogP contribution in [0, 0.1) is 11.8 Å². The quantitative estimate of drug-likeness (QED) is 0.798. The Labute approximate surface area is 113 Å². The van der Waals surface area contributed by atoms with Gasteiger partial charge in [0.1, 0.15) is 0 Å². The number of nitrogens with zero attached hydrogens (tertiary/aromatic N) is 1. The van der Waals surface area contributed by atoms with Gasteiger partial charge in [-0.1, -0.05) is 11.8 Å². The summed E-state index contributed by atoms with van der Waals surface area (Å²) >= 11 is 1.66. The van der Waals surface area contributed by atoms with Gasteiger partial charge in [0.05, 0.1) is 18.1 Å². The maximum Gasteiger partial charge on any atom is 0.0771 e. The van der Waals surface area contributed by atoms with E-state index in [1.807, 2.05) is 27.0 Å². The van der Waals surface area contributed by atoms with Crippen molar-refractivity contribution < 1.29 is 10.2 Å². The lowest BCUT2D eigenvalue weighted by Crippen LogP contribution is -2.43. The van der Waals surface area contributed by atoms with Crippen LogP contribution in [0.15, 0.2) is 12.1 Å². The fourth-order valence-electron chi connectivity index (χ4n) is 1.30. The minimum atomic E-state index is -0.216. The predicted octanol–water partition coefficient (Wildman–Crippen LogP) is 1.68. The fourth-order valence-corrected chi connectivity index (χ4v) is 2.24. The lowest BCUT2D eigenvalue weighted by Gasteiger charge is -2.33. The Kier molecular flexibility index (Phi) is 5.83.